The minimum absolute atomic E-state index is 0.0781. The summed E-state index contributed by atoms with van der Waals surface area (Å²) in [6.45, 7) is 0. The molecule has 0 atom stereocenters. The van der Waals surface area contributed by atoms with Gasteiger partial charge in [0.25, 0.3) is 6.43 Å². The molecule has 0 aliphatic rings. The highest BCUT2D eigenvalue weighted by Gasteiger charge is 2.20. The molecule has 0 aromatic carbocycles. The lowest BCUT2D eigenvalue weighted by Crippen LogP contribution is -2.07. The monoisotopic (exact) mass is 324 g/mol. The Hall–Kier alpha value is -1.30. The number of nitriles is 1. The smallest absolute Gasteiger partial charge is 0.355 e. The third kappa shape index (κ3) is 2.38. The first-order chi connectivity index (χ1) is 6.97. The zero-order valence-corrected chi connectivity index (χ0v) is 9.20. The Balaban J connectivity index is 3.44. The molecule has 0 unspecified atom stereocenters. The van der Waals surface area contributed by atoms with E-state index in [2.05, 4.69) is 4.98 Å². The standard InChI is InChI=1S/C8H3F2IN2O2/c9-7(10)3-1-4(11)6(8(14)15)13-5(3)2-12/h1,7H,(H,14,15). The summed E-state index contributed by atoms with van der Waals surface area (Å²) >= 11 is 1.58. The SMILES string of the molecule is N#Cc1nc(C(=O)O)c(I)cc1C(F)F. The maximum atomic E-state index is 12.4. The van der Waals surface area contributed by atoms with Gasteiger partial charge in [-0.2, -0.15) is 5.26 Å². The predicted molar refractivity (Wildman–Crippen MR) is 53.6 cm³/mol. The Kier molecular flexibility index (Phi) is 3.52. The summed E-state index contributed by atoms with van der Waals surface area (Å²) in [5.74, 6) is -1.35. The number of aromatic nitrogens is 1. The zero-order chi connectivity index (χ0) is 11.6. The molecule has 0 bridgehead atoms. The van der Waals surface area contributed by atoms with Crippen LogP contribution in [0.25, 0.3) is 0 Å². The van der Waals surface area contributed by atoms with Crippen LogP contribution in [0.15, 0.2) is 6.07 Å². The van der Waals surface area contributed by atoms with Gasteiger partial charge in [0.1, 0.15) is 11.8 Å². The molecular weight excluding hydrogens is 321 g/mol. The molecule has 0 spiro atoms. The van der Waals surface area contributed by atoms with Gasteiger partial charge in [-0.05, 0) is 28.7 Å². The first-order valence-electron chi connectivity index (χ1n) is 3.59. The molecule has 0 saturated heterocycles. The summed E-state index contributed by atoms with van der Waals surface area (Å²) in [6.07, 6.45) is -2.84. The van der Waals surface area contributed by atoms with E-state index in [0.717, 1.165) is 6.07 Å². The number of hydrogen-bond acceptors (Lipinski definition) is 3. The highest BCUT2D eigenvalue weighted by molar-refractivity contribution is 14.1. The Morgan fingerprint density at radius 3 is 2.67 bits per heavy atom. The van der Waals surface area contributed by atoms with Crippen molar-refractivity contribution in [3.63, 3.8) is 0 Å². The van der Waals surface area contributed by atoms with Gasteiger partial charge >= 0.3 is 5.97 Å². The minimum atomic E-state index is -2.84. The molecule has 1 N–H and O–H groups in total. The van der Waals surface area contributed by atoms with Gasteiger partial charge in [0, 0.05) is 3.57 Å². The maximum absolute atomic E-state index is 12.4. The Bertz CT molecular complexity index is 457. The van der Waals surface area contributed by atoms with Crippen LogP contribution >= 0.6 is 22.6 Å². The summed E-state index contributed by atoms with van der Waals surface area (Å²) in [7, 11) is 0. The van der Waals surface area contributed by atoms with Gasteiger partial charge in [-0.15, -0.1) is 0 Å². The van der Waals surface area contributed by atoms with Gasteiger partial charge in [-0.3, -0.25) is 0 Å². The van der Waals surface area contributed by atoms with E-state index < -0.39 is 29.3 Å². The first-order valence-corrected chi connectivity index (χ1v) is 4.67. The van der Waals surface area contributed by atoms with E-state index in [9.17, 15) is 13.6 Å². The van der Waals surface area contributed by atoms with Crippen LogP contribution in [0.5, 0.6) is 0 Å². The number of alkyl halides is 2. The number of halogens is 3. The van der Waals surface area contributed by atoms with Crippen molar-refractivity contribution in [1.29, 1.82) is 5.26 Å². The van der Waals surface area contributed by atoms with Crippen molar-refractivity contribution in [1.82, 2.24) is 4.98 Å². The second kappa shape index (κ2) is 4.48. The normalized spacial score (nSPS) is 10.1. The zero-order valence-electron chi connectivity index (χ0n) is 7.04. The van der Waals surface area contributed by atoms with Crippen LogP contribution < -0.4 is 0 Å². The molecule has 0 radical (unpaired) electrons. The first kappa shape index (κ1) is 11.8. The van der Waals surface area contributed by atoms with Crippen molar-refractivity contribution in [2.75, 3.05) is 0 Å². The lowest BCUT2D eigenvalue weighted by atomic mass is 10.2. The average Bonchev–Trinajstić information content (AvgIpc) is 2.16. The van der Waals surface area contributed by atoms with Gasteiger partial charge in [-0.1, -0.05) is 0 Å². The fourth-order valence-corrected chi connectivity index (χ4v) is 1.60. The van der Waals surface area contributed by atoms with E-state index >= 15 is 0 Å². The van der Waals surface area contributed by atoms with Crippen LogP contribution in [0.2, 0.25) is 0 Å². The third-order valence-corrected chi connectivity index (χ3v) is 2.37. The van der Waals surface area contributed by atoms with Crippen molar-refractivity contribution in [3.05, 3.63) is 26.6 Å². The van der Waals surface area contributed by atoms with E-state index in [-0.39, 0.29) is 3.57 Å². The van der Waals surface area contributed by atoms with E-state index in [0.29, 0.717) is 0 Å². The van der Waals surface area contributed by atoms with Gasteiger partial charge in [0.2, 0.25) is 0 Å². The molecule has 1 aromatic rings. The van der Waals surface area contributed by atoms with E-state index in [1.165, 1.54) is 6.07 Å². The van der Waals surface area contributed by atoms with Crippen LogP contribution in [-0.4, -0.2) is 16.1 Å². The van der Waals surface area contributed by atoms with Crippen molar-refractivity contribution >= 4 is 28.6 Å². The number of carboxylic acid groups (broad SMARTS) is 1. The largest absolute Gasteiger partial charge is 0.476 e. The van der Waals surface area contributed by atoms with E-state index in [1.807, 2.05) is 0 Å². The Labute approximate surface area is 96.7 Å². The topological polar surface area (TPSA) is 74.0 Å². The molecule has 1 rings (SSSR count). The molecule has 15 heavy (non-hydrogen) atoms. The molecule has 0 fully saturated rings. The highest BCUT2D eigenvalue weighted by Crippen LogP contribution is 2.24. The van der Waals surface area contributed by atoms with Crippen molar-refractivity contribution in [2.24, 2.45) is 0 Å². The molecule has 4 nitrogen and oxygen atoms in total. The Morgan fingerprint density at radius 2 is 2.27 bits per heavy atom. The number of hydrogen-bond donors (Lipinski definition) is 1. The summed E-state index contributed by atoms with van der Waals surface area (Å²) in [4.78, 5) is 14.0. The molecule has 1 aromatic heterocycles. The number of aromatic carboxylic acids is 1. The number of carboxylic acids is 1. The third-order valence-electron chi connectivity index (χ3n) is 1.55. The van der Waals surface area contributed by atoms with Crippen molar-refractivity contribution in [2.45, 2.75) is 6.43 Å². The molecule has 0 saturated carbocycles. The van der Waals surface area contributed by atoms with Gasteiger partial charge in [0.15, 0.2) is 5.69 Å². The molecule has 0 amide bonds. The lowest BCUT2D eigenvalue weighted by Gasteiger charge is -2.04. The highest BCUT2D eigenvalue weighted by atomic mass is 127. The van der Waals surface area contributed by atoms with Crippen LogP contribution in [0, 0.1) is 14.9 Å². The van der Waals surface area contributed by atoms with E-state index in [1.54, 1.807) is 22.6 Å². The van der Waals surface area contributed by atoms with Crippen molar-refractivity contribution in [3.8, 4) is 6.07 Å². The molecule has 78 valence electrons. The quantitative estimate of drug-likeness (QED) is 0.847. The maximum Gasteiger partial charge on any atom is 0.355 e. The molecule has 1 heterocycles. The summed E-state index contributed by atoms with van der Waals surface area (Å²) in [5, 5.41) is 17.2. The van der Waals surface area contributed by atoms with Crippen LogP contribution in [0.3, 0.4) is 0 Å². The summed E-state index contributed by atoms with van der Waals surface area (Å²) in [5.41, 5.74) is -1.49. The predicted octanol–water partition coefficient (Wildman–Crippen LogP) is 2.19. The summed E-state index contributed by atoms with van der Waals surface area (Å²) < 4.78 is 24.8. The average molecular weight is 324 g/mol. The van der Waals surface area contributed by atoms with Gasteiger partial charge in [-0.25, -0.2) is 18.6 Å². The molecular formula is C8H3F2IN2O2. The van der Waals surface area contributed by atoms with Crippen LogP contribution in [0.4, 0.5) is 8.78 Å². The van der Waals surface area contributed by atoms with Gasteiger partial charge in [0.05, 0.1) is 5.56 Å². The fraction of sp³-hybridized carbons (Fsp3) is 0.125. The van der Waals surface area contributed by atoms with Crippen molar-refractivity contribution < 1.29 is 18.7 Å². The number of carbonyl (C=O) groups is 1. The van der Waals surface area contributed by atoms with E-state index in [4.69, 9.17) is 10.4 Å². The number of pyridine rings is 1. The molecule has 0 aliphatic carbocycles. The second-order valence-electron chi connectivity index (χ2n) is 2.47. The summed E-state index contributed by atoms with van der Waals surface area (Å²) in [6, 6.07) is 2.40. The van der Waals surface area contributed by atoms with Crippen LogP contribution in [0.1, 0.15) is 28.2 Å². The van der Waals surface area contributed by atoms with Crippen LogP contribution in [-0.2, 0) is 0 Å². The second-order valence-corrected chi connectivity index (χ2v) is 3.64. The Morgan fingerprint density at radius 1 is 1.67 bits per heavy atom. The number of nitrogens with zero attached hydrogens (tertiary/aromatic N) is 2. The molecule has 0 aliphatic heterocycles. The number of rotatable bonds is 2. The van der Waals surface area contributed by atoms with Gasteiger partial charge < -0.3 is 5.11 Å². The lowest BCUT2D eigenvalue weighted by molar-refractivity contribution is 0.0688. The molecule has 7 heteroatoms. The minimum Gasteiger partial charge on any atom is -0.476 e. The fourth-order valence-electron chi connectivity index (χ4n) is 0.909.